The van der Waals surface area contributed by atoms with Crippen LogP contribution in [-0.2, 0) is 36.3 Å². The molecule has 0 bridgehead atoms. The van der Waals surface area contributed by atoms with Crippen LogP contribution in [0.1, 0.15) is 69.6 Å². The van der Waals surface area contributed by atoms with Crippen LogP contribution in [0, 0.1) is 0 Å². The van der Waals surface area contributed by atoms with Crippen molar-refractivity contribution < 1.29 is 17.1 Å². The second-order valence-electron chi connectivity index (χ2n) is 5.78. The molecule has 0 aliphatic carbocycles. The molecule has 0 atom stereocenters. The van der Waals surface area contributed by atoms with Crippen molar-refractivity contribution in [1.82, 2.24) is 0 Å². The van der Waals surface area contributed by atoms with Gasteiger partial charge in [-0.1, -0.05) is 72.1 Å². The van der Waals surface area contributed by atoms with Crippen molar-refractivity contribution in [2.45, 2.75) is 72.1 Å². The zero-order valence-corrected chi connectivity index (χ0v) is 15.7. The van der Waals surface area contributed by atoms with Crippen molar-refractivity contribution in [3.8, 4) is 0 Å². The smallest absolute Gasteiger partial charge is 0 e. The summed E-state index contributed by atoms with van der Waals surface area (Å²) in [5.41, 5.74) is 4.94. The van der Waals surface area contributed by atoms with Crippen molar-refractivity contribution in [3.05, 3.63) is 59.2 Å². The Kier molecular flexibility index (Phi) is 13.4. The van der Waals surface area contributed by atoms with Crippen LogP contribution in [0.3, 0.4) is 0 Å². The third-order valence-corrected chi connectivity index (χ3v) is 3.89. The van der Waals surface area contributed by atoms with Crippen LogP contribution >= 0.6 is 0 Å². The summed E-state index contributed by atoms with van der Waals surface area (Å²) in [6.07, 6.45) is 10.5. The van der Waals surface area contributed by atoms with Gasteiger partial charge in [0.1, 0.15) is 0 Å². The zero-order chi connectivity index (χ0) is 15.3. The van der Waals surface area contributed by atoms with E-state index in [-0.39, 0.29) is 17.1 Å². The van der Waals surface area contributed by atoms with Gasteiger partial charge in [-0.15, -0.1) is 0 Å². The molecule has 130 valence electrons. The Morgan fingerprint density at radius 3 is 1.91 bits per heavy atom. The minimum Gasteiger partial charge on any atom is -0.748 e. The average Bonchev–Trinajstić information content (AvgIpc) is 3.16. The van der Waals surface area contributed by atoms with Crippen molar-refractivity contribution in [2.75, 3.05) is 0 Å². The second kappa shape index (κ2) is 13.9. The molecule has 2 aromatic carbocycles. The van der Waals surface area contributed by atoms with Gasteiger partial charge in [-0.05, 0) is 0 Å². The molecule has 0 amide bonds. The Morgan fingerprint density at radius 2 is 1.41 bits per heavy atom. The van der Waals surface area contributed by atoms with Gasteiger partial charge in [0.05, 0.1) is 0 Å². The maximum Gasteiger partial charge on any atom is 0 e. The standard InChI is InChI=1S/C16H27.C5H5.Fe/c1-4-7-8-11-15-13-12-14(9-5-2)16(15)10-6-3;1-2-4-5-3-1;/h12-13H,4-11H2,1-3H3;1-5H;/q-1;-5;. The monoisotopic (exact) mass is 340 g/mol. The van der Waals surface area contributed by atoms with Crippen molar-refractivity contribution in [3.63, 3.8) is 0 Å². The van der Waals surface area contributed by atoms with Crippen molar-refractivity contribution in [1.29, 1.82) is 0 Å². The van der Waals surface area contributed by atoms with E-state index in [1.807, 2.05) is 30.3 Å². The largest absolute Gasteiger partial charge is 0.748 e. The number of hydrogen-bond donors (Lipinski definition) is 0. The molecule has 2 aromatic rings. The Labute approximate surface area is 148 Å². The molecule has 0 radical (unpaired) electrons. The Balaban J connectivity index is 0.000000622. The fourth-order valence-corrected chi connectivity index (χ4v) is 2.80. The molecule has 1 heteroatoms. The number of aryl methyl sites for hydroxylation is 2. The third kappa shape index (κ3) is 8.01. The van der Waals surface area contributed by atoms with Gasteiger partial charge in [-0.3, -0.25) is 0 Å². The van der Waals surface area contributed by atoms with Crippen LogP contribution in [0.25, 0.3) is 0 Å². The van der Waals surface area contributed by atoms with E-state index in [9.17, 15) is 0 Å². The molecular weight excluding hydrogens is 308 g/mol. The fourth-order valence-electron chi connectivity index (χ4n) is 2.80. The summed E-state index contributed by atoms with van der Waals surface area (Å²) in [4.78, 5) is 0. The Hall–Kier alpha value is -0.781. The molecule has 0 spiro atoms. The van der Waals surface area contributed by atoms with E-state index in [4.69, 9.17) is 0 Å². The molecule has 0 aliphatic rings. The third-order valence-electron chi connectivity index (χ3n) is 3.89. The first kappa shape index (κ1) is 21.2. The zero-order valence-electron chi connectivity index (χ0n) is 14.6. The summed E-state index contributed by atoms with van der Waals surface area (Å²) >= 11 is 0. The molecule has 0 aromatic heterocycles. The predicted molar refractivity (Wildman–Crippen MR) is 95.3 cm³/mol. The van der Waals surface area contributed by atoms with Crippen LogP contribution in [0.15, 0.2) is 42.5 Å². The minimum atomic E-state index is 0. The first-order valence-corrected chi connectivity index (χ1v) is 8.76. The van der Waals surface area contributed by atoms with Crippen LogP contribution in [-0.4, -0.2) is 0 Å². The Bertz CT molecular complexity index is 419. The van der Waals surface area contributed by atoms with Crippen LogP contribution in [0.5, 0.6) is 0 Å². The maximum absolute atomic E-state index is 2.38. The van der Waals surface area contributed by atoms with Crippen molar-refractivity contribution >= 4 is 0 Å². The number of hydrogen-bond acceptors (Lipinski definition) is 0. The summed E-state index contributed by atoms with van der Waals surface area (Å²) in [6, 6.07) is 14.8. The van der Waals surface area contributed by atoms with Gasteiger partial charge in [0, 0.05) is 17.1 Å². The minimum absolute atomic E-state index is 0. The molecule has 22 heavy (non-hydrogen) atoms. The summed E-state index contributed by atoms with van der Waals surface area (Å²) in [5.74, 6) is 0. The number of rotatable bonds is 8. The Morgan fingerprint density at radius 1 is 0.818 bits per heavy atom. The molecule has 0 heterocycles. The maximum atomic E-state index is 2.38. The molecule has 0 aliphatic heterocycles. The van der Waals surface area contributed by atoms with E-state index in [0.29, 0.717) is 0 Å². The van der Waals surface area contributed by atoms with Gasteiger partial charge >= 0.3 is 0 Å². The van der Waals surface area contributed by atoms with E-state index in [1.54, 1.807) is 16.7 Å². The van der Waals surface area contributed by atoms with E-state index >= 15 is 0 Å². The summed E-state index contributed by atoms with van der Waals surface area (Å²) in [6.45, 7) is 6.85. The van der Waals surface area contributed by atoms with E-state index in [2.05, 4.69) is 32.9 Å². The molecule has 0 N–H and O–H groups in total. The molecule has 0 nitrogen and oxygen atoms in total. The summed E-state index contributed by atoms with van der Waals surface area (Å²) in [7, 11) is 0. The van der Waals surface area contributed by atoms with Gasteiger partial charge in [0.2, 0.25) is 0 Å². The first-order chi connectivity index (χ1) is 10.3. The van der Waals surface area contributed by atoms with Crippen molar-refractivity contribution in [2.24, 2.45) is 0 Å². The van der Waals surface area contributed by atoms with Crippen LogP contribution < -0.4 is 0 Å². The summed E-state index contributed by atoms with van der Waals surface area (Å²) in [5, 5.41) is 0. The van der Waals surface area contributed by atoms with Gasteiger partial charge < -0.3 is 30.3 Å². The fraction of sp³-hybridized carbons (Fsp3) is 0.524. The molecule has 0 fully saturated rings. The molecular formula is C21H32Fe-6. The molecule has 2 rings (SSSR count). The quantitative estimate of drug-likeness (QED) is 0.294. The molecule has 0 saturated heterocycles. The van der Waals surface area contributed by atoms with E-state index in [1.165, 1.54) is 51.4 Å². The second-order valence-corrected chi connectivity index (χ2v) is 5.78. The summed E-state index contributed by atoms with van der Waals surface area (Å²) < 4.78 is 0. The predicted octanol–water partition coefficient (Wildman–Crippen LogP) is 6.45. The van der Waals surface area contributed by atoms with Crippen LogP contribution in [0.2, 0.25) is 0 Å². The van der Waals surface area contributed by atoms with E-state index < -0.39 is 0 Å². The SMILES string of the molecule is CCCCC[c-]1ccc(CCC)c1CCC.[Fe].[cH-]1[cH-][cH-][cH-][cH-]1. The van der Waals surface area contributed by atoms with E-state index in [0.717, 1.165) is 0 Å². The van der Waals surface area contributed by atoms with Gasteiger partial charge in [-0.2, -0.15) is 22.8 Å². The van der Waals surface area contributed by atoms with Gasteiger partial charge in [-0.25, -0.2) is 6.07 Å². The molecule has 0 unspecified atom stereocenters. The topological polar surface area (TPSA) is 0 Å². The van der Waals surface area contributed by atoms with Gasteiger partial charge in [0.25, 0.3) is 0 Å². The average molecular weight is 340 g/mol. The van der Waals surface area contributed by atoms with Crippen LogP contribution in [0.4, 0.5) is 0 Å². The number of unbranched alkanes of at least 4 members (excludes halogenated alkanes) is 2. The van der Waals surface area contributed by atoms with Gasteiger partial charge in [0.15, 0.2) is 0 Å². The normalized spacial score (nSPS) is 9.77. The molecule has 0 saturated carbocycles. The first-order valence-electron chi connectivity index (χ1n) is 8.76.